The molecular formula is C40H64NO6P. The molecule has 1 fully saturated rings. The molecule has 270 valence electrons. The fraction of sp³-hybridized carbons (Fsp3) is 0.650. The summed E-state index contributed by atoms with van der Waals surface area (Å²) in [6, 6.07) is 19.9. The van der Waals surface area contributed by atoms with Crippen molar-refractivity contribution >= 4 is 7.82 Å². The van der Waals surface area contributed by atoms with Crippen LogP contribution in [0, 0.1) is 0 Å². The first kappa shape index (κ1) is 40.4. The van der Waals surface area contributed by atoms with Gasteiger partial charge in [0.05, 0.1) is 33.9 Å². The van der Waals surface area contributed by atoms with Gasteiger partial charge in [-0.25, -0.2) is 0 Å². The fourth-order valence-corrected chi connectivity index (χ4v) is 6.99. The Morgan fingerprint density at radius 3 is 1.79 bits per heavy atom. The van der Waals surface area contributed by atoms with Crippen molar-refractivity contribution in [2.45, 2.75) is 128 Å². The molecule has 2 aromatic carbocycles. The summed E-state index contributed by atoms with van der Waals surface area (Å²) in [5, 5.41) is 0. The number of quaternary nitrogens is 1. The fourth-order valence-electron chi connectivity index (χ4n) is 6.33. The highest BCUT2D eigenvalue weighted by Crippen LogP contribution is 2.41. The molecule has 0 aliphatic carbocycles. The standard InChI is InChI=1S/C40H64NO6P/c1-4-5-6-7-8-9-10-11-12-13-14-15-16-25-32-44-34-39(35-46-48(42,43)45-33-38-30-23-24-31-41(38,2)3)47-40(36-26-19-17-20-27-36)37-28-21-18-22-29-37/h17-22,26-29,33,39-40H,4-16,23-25,30-32,34-35H2,1-3H3. The third-order valence-electron chi connectivity index (χ3n) is 9.39. The lowest BCUT2D eigenvalue weighted by Crippen LogP contribution is -2.42. The number of piperidine rings is 1. The lowest BCUT2D eigenvalue weighted by atomic mass is 10.0. The summed E-state index contributed by atoms with van der Waals surface area (Å²) in [6.07, 6.45) is 21.6. The molecule has 0 amide bonds. The van der Waals surface area contributed by atoms with Gasteiger partial charge < -0.3 is 23.4 Å². The van der Waals surface area contributed by atoms with Crippen LogP contribution in [0.1, 0.15) is 133 Å². The lowest BCUT2D eigenvalue weighted by Gasteiger charge is -2.35. The van der Waals surface area contributed by atoms with Crippen LogP contribution in [0.2, 0.25) is 0 Å². The average molecular weight is 686 g/mol. The zero-order valence-electron chi connectivity index (χ0n) is 30.2. The highest BCUT2D eigenvalue weighted by Gasteiger charge is 2.28. The number of hydrogen-bond acceptors (Lipinski definition) is 6. The number of rotatable bonds is 26. The highest BCUT2D eigenvalue weighted by atomic mass is 31.2. The second-order valence-corrected chi connectivity index (χ2v) is 15.3. The maximum atomic E-state index is 12.9. The average Bonchev–Trinajstić information content (AvgIpc) is 3.09. The number of unbranched alkanes of at least 4 members (excludes halogenated alkanes) is 13. The molecule has 0 bridgehead atoms. The van der Waals surface area contributed by atoms with E-state index < -0.39 is 20.0 Å². The van der Waals surface area contributed by atoms with Crippen LogP contribution in [-0.2, 0) is 23.1 Å². The molecular weight excluding hydrogens is 621 g/mol. The number of nitrogens with zero attached hydrogens (tertiary/aromatic N) is 1. The minimum atomic E-state index is -4.60. The van der Waals surface area contributed by atoms with Gasteiger partial charge in [0, 0.05) is 13.0 Å². The Balaban J connectivity index is 1.46. The first-order valence-electron chi connectivity index (χ1n) is 18.8. The molecule has 1 heterocycles. The maximum absolute atomic E-state index is 12.9. The van der Waals surface area contributed by atoms with Crippen molar-refractivity contribution in [3.63, 3.8) is 0 Å². The molecule has 2 atom stereocenters. The van der Waals surface area contributed by atoms with E-state index in [1.54, 1.807) is 0 Å². The smallest absolute Gasteiger partial charge is 0.319 e. The number of allylic oxidation sites excluding steroid dienone is 1. The first-order valence-corrected chi connectivity index (χ1v) is 20.3. The van der Waals surface area contributed by atoms with Gasteiger partial charge in [-0.05, 0) is 30.4 Å². The summed E-state index contributed by atoms with van der Waals surface area (Å²) < 4.78 is 36.8. The summed E-state index contributed by atoms with van der Waals surface area (Å²) in [7, 11) is -0.471. The van der Waals surface area contributed by atoms with Gasteiger partial charge >= 0.3 is 7.82 Å². The summed E-state index contributed by atoms with van der Waals surface area (Å²) in [6.45, 7) is 3.85. The van der Waals surface area contributed by atoms with Crippen molar-refractivity contribution in [3.05, 3.63) is 83.7 Å². The second kappa shape index (κ2) is 23.4. The van der Waals surface area contributed by atoms with Gasteiger partial charge in [-0.2, -0.15) is 0 Å². The van der Waals surface area contributed by atoms with E-state index in [9.17, 15) is 9.46 Å². The van der Waals surface area contributed by atoms with Crippen molar-refractivity contribution in [3.8, 4) is 0 Å². The number of benzene rings is 2. The third-order valence-corrected chi connectivity index (χ3v) is 10.2. The second-order valence-electron chi connectivity index (χ2n) is 14.0. The maximum Gasteiger partial charge on any atom is 0.319 e. The first-order chi connectivity index (χ1) is 23.3. The molecule has 0 saturated carbocycles. The number of ether oxygens (including phenoxy) is 2. The Bertz CT molecular complexity index is 1140. The van der Waals surface area contributed by atoms with Gasteiger partial charge in [-0.1, -0.05) is 151 Å². The van der Waals surface area contributed by atoms with Crippen LogP contribution in [0.3, 0.4) is 0 Å². The van der Waals surface area contributed by atoms with E-state index >= 15 is 0 Å². The minimum absolute atomic E-state index is 0.197. The van der Waals surface area contributed by atoms with Crippen LogP contribution >= 0.6 is 7.82 Å². The van der Waals surface area contributed by atoms with Gasteiger partial charge in [0.1, 0.15) is 24.2 Å². The number of phosphoric ester groups is 1. The third kappa shape index (κ3) is 16.6. The number of phosphoric acid groups is 1. The van der Waals surface area contributed by atoms with Gasteiger partial charge in [0.15, 0.2) is 0 Å². The molecule has 0 aromatic heterocycles. The molecule has 8 heteroatoms. The monoisotopic (exact) mass is 685 g/mol. The van der Waals surface area contributed by atoms with E-state index in [0.717, 1.165) is 55.5 Å². The molecule has 1 aliphatic heterocycles. The molecule has 0 radical (unpaired) electrons. The van der Waals surface area contributed by atoms with Gasteiger partial charge in [-0.3, -0.25) is 9.05 Å². The molecule has 1 aliphatic rings. The summed E-state index contributed by atoms with van der Waals surface area (Å²) in [4.78, 5) is 12.9. The van der Waals surface area contributed by atoms with Gasteiger partial charge in [-0.15, -0.1) is 0 Å². The molecule has 3 rings (SSSR count). The van der Waals surface area contributed by atoms with Crippen LogP contribution in [0.25, 0.3) is 0 Å². The predicted octanol–water partition coefficient (Wildman–Crippen LogP) is 10.3. The van der Waals surface area contributed by atoms with Gasteiger partial charge in [0.25, 0.3) is 0 Å². The van der Waals surface area contributed by atoms with Crippen LogP contribution in [0.5, 0.6) is 0 Å². The van der Waals surface area contributed by atoms with E-state index in [4.69, 9.17) is 18.5 Å². The number of likely N-dealkylation sites (tertiary alicyclic amines) is 1. The van der Waals surface area contributed by atoms with Crippen molar-refractivity contribution in [2.75, 3.05) is 40.5 Å². The van der Waals surface area contributed by atoms with Crippen molar-refractivity contribution < 1.29 is 32.5 Å². The molecule has 1 saturated heterocycles. The Kier molecular flexibility index (Phi) is 19.7. The Hall–Kier alpha value is -1.99. The topological polar surface area (TPSA) is 77.1 Å². The predicted molar refractivity (Wildman–Crippen MR) is 194 cm³/mol. The van der Waals surface area contributed by atoms with E-state index in [0.29, 0.717) is 11.1 Å². The zero-order chi connectivity index (χ0) is 34.3. The van der Waals surface area contributed by atoms with Crippen LogP contribution < -0.4 is 4.89 Å². The summed E-state index contributed by atoms with van der Waals surface area (Å²) >= 11 is 0. The van der Waals surface area contributed by atoms with Crippen LogP contribution in [-0.4, -0.2) is 51.0 Å². The Morgan fingerprint density at radius 2 is 1.27 bits per heavy atom. The van der Waals surface area contributed by atoms with E-state index in [2.05, 4.69) is 21.0 Å². The Morgan fingerprint density at radius 1 is 0.750 bits per heavy atom. The number of hydrogen-bond donors (Lipinski definition) is 0. The molecule has 7 nitrogen and oxygen atoms in total. The van der Waals surface area contributed by atoms with E-state index in [1.807, 2.05) is 60.7 Å². The van der Waals surface area contributed by atoms with Crippen molar-refractivity contribution in [1.29, 1.82) is 0 Å². The van der Waals surface area contributed by atoms with Crippen molar-refractivity contribution in [2.24, 2.45) is 0 Å². The van der Waals surface area contributed by atoms with Gasteiger partial charge in [0.2, 0.25) is 0 Å². The lowest BCUT2D eigenvalue weighted by molar-refractivity contribution is -0.858. The summed E-state index contributed by atoms with van der Waals surface area (Å²) in [5.74, 6) is 0. The summed E-state index contributed by atoms with van der Waals surface area (Å²) in [5.41, 5.74) is 2.90. The SMILES string of the molecule is CCCCCCCCCCCCCCCCOCC(COP(=O)([O-])OC=C1CCCC[N+]1(C)C)OC(c1ccccc1)c1ccccc1. The zero-order valence-corrected chi connectivity index (χ0v) is 31.1. The quantitative estimate of drug-likeness (QED) is 0.0425. The van der Waals surface area contributed by atoms with E-state index in [1.165, 1.54) is 83.3 Å². The van der Waals surface area contributed by atoms with Crippen molar-refractivity contribution in [1.82, 2.24) is 0 Å². The highest BCUT2D eigenvalue weighted by molar-refractivity contribution is 7.46. The minimum Gasteiger partial charge on any atom is -0.746 e. The molecule has 0 spiro atoms. The van der Waals surface area contributed by atoms with Crippen LogP contribution in [0.15, 0.2) is 72.6 Å². The largest absolute Gasteiger partial charge is 0.746 e. The molecule has 0 N–H and O–H groups in total. The van der Waals surface area contributed by atoms with E-state index in [-0.39, 0.29) is 13.2 Å². The Labute approximate surface area is 292 Å². The molecule has 48 heavy (non-hydrogen) atoms. The molecule has 2 aromatic rings. The van der Waals surface area contributed by atoms with Crippen LogP contribution in [0.4, 0.5) is 0 Å². The normalized spacial score (nSPS) is 17.4. The molecule has 2 unspecified atom stereocenters.